The van der Waals surface area contributed by atoms with Crippen molar-refractivity contribution in [3.05, 3.63) is 53.1 Å². The van der Waals surface area contributed by atoms with Crippen molar-refractivity contribution in [3.8, 4) is 5.75 Å². The molecule has 0 radical (unpaired) electrons. The van der Waals surface area contributed by atoms with Gasteiger partial charge in [-0.05, 0) is 62.2 Å². The number of hydrogen-bond donors (Lipinski definition) is 2. The Hall–Kier alpha value is -2.54. The lowest BCUT2D eigenvalue weighted by atomic mass is 10.1. The fourth-order valence-corrected chi connectivity index (χ4v) is 3.71. The molecule has 0 amide bonds. The second-order valence-corrected chi connectivity index (χ2v) is 6.90. The molecule has 0 aliphatic heterocycles. The maximum absolute atomic E-state index is 12.6. The maximum atomic E-state index is 12.6. The number of ether oxygens (including phenoxy) is 1. The number of nitrogens with one attached hydrogen (secondary N) is 1. The summed E-state index contributed by atoms with van der Waals surface area (Å²) in [6.07, 6.45) is 0. The van der Waals surface area contributed by atoms with E-state index in [4.69, 9.17) is 9.84 Å². The summed E-state index contributed by atoms with van der Waals surface area (Å²) in [5, 5.41) is 9.14. The van der Waals surface area contributed by atoms with Crippen molar-refractivity contribution < 1.29 is 23.1 Å². The Bertz CT molecular complexity index is 875. The van der Waals surface area contributed by atoms with Crippen molar-refractivity contribution in [3.63, 3.8) is 0 Å². The quantitative estimate of drug-likeness (QED) is 0.835. The van der Waals surface area contributed by atoms with Gasteiger partial charge in [-0.3, -0.25) is 4.72 Å². The molecule has 0 aliphatic carbocycles. The minimum atomic E-state index is -3.84. The molecule has 2 rings (SSSR count). The third kappa shape index (κ3) is 3.68. The van der Waals surface area contributed by atoms with Crippen LogP contribution in [-0.2, 0) is 10.0 Å². The van der Waals surface area contributed by atoms with Crippen LogP contribution in [-0.4, -0.2) is 26.1 Å². The van der Waals surface area contributed by atoms with Gasteiger partial charge in [0, 0.05) is 0 Å². The second kappa shape index (κ2) is 6.92. The zero-order valence-electron chi connectivity index (χ0n) is 13.7. The summed E-state index contributed by atoms with van der Waals surface area (Å²) in [5.41, 5.74) is 1.19. The molecule has 0 spiro atoms. The van der Waals surface area contributed by atoms with Gasteiger partial charge in [-0.2, -0.15) is 0 Å². The molecule has 0 bridgehead atoms. The Morgan fingerprint density at radius 2 is 1.92 bits per heavy atom. The van der Waals surface area contributed by atoms with Crippen LogP contribution in [0.1, 0.15) is 28.4 Å². The first kappa shape index (κ1) is 17.8. The largest absolute Gasteiger partial charge is 0.494 e. The normalized spacial score (nSPS) is 11.1. The predicted octanol–water partition coefficient (Wildman–Crippen LogP) is 3.20. The number of aromatic carboxylic acids is 1. The number of carbonyl (C=O) groups is 1. The van der Waals surface area contributed by atoms with Crippen LogP contribution in [0.3, 0.4) is 0 Å². The Balaban J connectivity index is 2.39. The molecule has 2 N–H and O–H groups in total. The van der Waals surface area contributed by atoms with E-state index in [1.54, 1.807) is 26.0 Å². The Morgan fingerprint density at radius 1 is 1.21 bits per heavy atom. The lowest BCUT2D eigenvalue weighted by Gasteiger charge is -2.14. The first-order chi connectivity index (χ1) is 11.3. The number of carboxylic acids is 1. The van der Waals surface area contributed by atoms with Crippen molar-refractivity contribution >= 4 is 21.7 Å². The Labute approximate surface area is 141 Å². The van der Waals surface area contributed by atoms with Crippen LogP contribution in [0.25, 0.3) is 0 Å². The van der Waals surface area contributed by atoms with Crippen LogP contribution >= 0.6 is 0 Å². The molecule has 6 nitrogen and oxygen atoms in total. The topological polar surface area (TPSA) is 92.7 Å². The molecule has 0 unspecified atom stereocenters. The van der Waals surface area contributed by atoms with E-state index in [1.165, 1.54) is 24.3 Å². The molecule has 24 heavy (non-hydrogen) atoms. The maximum Gasteiger partial charge on any atom is 0.336 e. The monoisotopic (exact) mass is 349 g/mol. The lowest BCUT2D eigenvalue weighted by Crippen LogP contribution is -2.16. The summed E-state index contributed by atoms with van der Waals surface area (Å²) in [4.78, 5) is 11.3. The van der Waals surface area contributed by atoms with E-state index < -0.39 is 16.0 Å². The minimum absolute atomic E-state index is 0.0543. The van der Waals surface area contributed by atoms with Gasteiger partial charge < -0.3 is 9.84 Å². The number of benzene rings is 2. The zero-order chi connectivity index (χ0) is 17.9. The number of sulfonamides is 1. The van der Waals surface area contributed by atoms with E-state index >= 15 is 0 Å². The van der Waals surface area contributed by atoms with Crippen LogP contribution in [0.2, 0.25) is 0 Å². The second-order valence-electron chi connectivity index (χ2n) is 5.25. The van der Waals surface area contributed by atoms with Gasteiger partial charge >= 0.3 is 5.97 Å². The third-order valence-corrected chi connectivity index (χ3v) is 5.08. The molecule has 0 saturated carbocycles. The SMILES string of the molecule is CCOc1ccc(S(=O)(=O)Nc2cccc(C(=O)O)c2C)c(C)c1. The smallest absolute Gasteiger partial charge is 0.336 e. The van der Waals surface area contributed by atoms with Crippen molar-refractivity contribution in [2.45, 2.75) is 25.7 Å². The first-order valence-corrected chi connectivity index (χ1v) is 8.83. The van der Waals surface area contributed by atoms with Gasteiger partial charge in [0.25, 0.3) is 10.0 Å². The van der Waals surface area contributed by atoms with Gasteiger partial charge in [-0.25, -0.2) is 13.2 Å². The first-order valence-electron chi connectivity index (χ1n) is 7.35. The fraction of sp³-hybridized carbons (Fsp3) is 0.235. The van der Waals surface area contributed by atoms with E-state index in [1.807, 2.05) is 6.92 Å². The highest BCUT2D eigenvalue weighted by atomic mass is 32.2. The molecule has 0 fully saturated rings. The molecule has 0 heterocycles. The average Bonchev–Trinajstić information content (AvgIpc) is 2.49. The molecule has 0 saturated heterocycles. The molecule has 2 aromatic carbocycles. The van der Waals surface area contributed by atoms with Crippen LogP contribution in [0, 0.1) is 13.8 Å². The summed E-state index contributed by atoms with van der Waals surface area (Å²) in [6, 6.07) is 9.17. The van der Waals surface area contributed by atoms with Gasteiger partial charge in [-0.1, -0.05) is 6.07 Å². The highest BCUT2D eigenvalue weighted by molar-refractivity contribution is 7.92. The van der Waals surface area contributed by atoms with Crippen molar-refractivity contribution in [2.75, 3.05) is 11.3 Å². The standard InChI is InChI=1S/C17H19NO5S/c1-4-23-13-8-9-16(11(2)10-13)24(21,22)18-15-7-5-6-14(12(15)3)17(19)20/h5-10,18H,4H2,1-3H3,(H,19,20). The van der Waals surface area contributed by atoms with Gasteiger partial charge in [-0.15, -0.1) is 0 Å². The summed E-state index contributed by atoms with van der Waals surface area (Å²) in [5.74, 6) is -0.510. The van der Waals surface area contributed by atoms with Crippen LogP contribution in [0.15, 0.2) is 41.3 Å². The lowest BCUT2D eigenvalue weighted by molar-refractivity contribution is 0.0696. The summed E-state index contributed by atoms with van der Waals surface area (Å²) < 4.78 is 33.1. The highest BCUT2D eigenvalue weighted by Crippen LogP contribution is 2.26. The summed E-state index contributed by atoms with van der Waals surface area (Å²) in [7, 11) is -3.84. The van der Waals surface area contributed by atoms with E-state index in [2.05, 4.69) is 4.72 Å². The van der Waals surface area contributed by atoms with Crippen molar-refractivity contribution in [2.24, 2.45) is 0 Å². The van der Waals surface area contributed by atoms with E-state index in [0.717, 1.165) is 0 Å². The van der Waals surface area contributed by atoms with E-state index in [-0.39, 0.29) is 16.1 Å². The summed E-state index contributed by atoms with van der Waals surface area (Å²) >= 11 is 0. The molecule has 7 heteroatoms. The molecular weight excluding hydrogens is 330 g/mol. The number of aryl methyl sites for hydroxylation is 1. The number of carboxylic acid groups (broad SMARTS) is 1. The van der Waals surface area contributed by atoms with Crippen LogP contribution in [0.4, 0.5) is 5.69 Å². The average molecular weight is 349 g/mol. The molecule has 2 aromatic rings. The van der Waals surface area contributed by atoms with Gasteiger partial charge in [0.05, 0.1) is 22.8 Å². The van der Waals surface area contributed by atoms with E-state index in [9.17, 15) is 13.2 Å². The van der Waals surface area contributed by atoms with Gasteiger partial charge in [0.15, 0.2) is 0 Å². The number of rotatable bonds is 6. The predicted molar refractivity (Wildman–Crippen MR) is 91.3 cm³/mol. The van der Waals surface area contributed by atoms with Gasteiger partial charge in [0.2, 0.25) is 0 Å². The van der Waals surface area contributed by atoms with Crippen molar-refractivity contribution in [1.82, 2.24) is 0 Å². The number of hydrogen-bond acceptors (Lipinski definition) is 4. The molecule has 0 aliphatic rings. The minimum Gasteiger partial charge on any atom is -0.494 e. The van der Waals surface area contributed by atoms with Gasteiger partial charge in [0.1, 0.15) is 5.75 Å². The zero-order valence-corrected chi connectivity index (χ0v) is 14.5. The molecular formula is C17H19NO5S. The Kier molecular flexibility index (Phi) is 5.14. The highest BCUT2D eigenvalue weighted by Gasteiger charge is 2.20. The fourth-order valence-electron chi connectivity index (χ4n) is 2.36. The summed E-state index contributed by atoms with van der Waals surface area (Å²) in [6.45, 7) is 5.58. The van der Waals surface area contributed by atoms with Crippen molar-refractivity contribution in [1.29, 1.82) is 0 Å². The third-order valence-electron chi connectivity index (χ3n) is 3.56. The van der Waals surface area contributed by atoms with E-state index in [0.29, 0.717) is 23.5 Å². The molecule has 0 atom stereocenters. The van der Waals surface area contributed by atoms with Crippen LogP contribution < -0.4 is 9.46 Å². The molecule has 128 valence electrons. The molecule has 0 aromatic heterocycles. The van der Waals surface area contributed by atoms with Crippen LogP contribution in [0.5, 0.6) is 5.75 Å². The Morgan fingerprint density at radius 3 is 2.50 bits per heavy atom. The number of anilines is 1.